The number of rotatable bonds is 0. The van der Waals surface area contributed by atoms with E-state index >= 15 is 0 Å². The zero-order chi connectivity index (χ0) is 4.71. The Kier molecular flexibility index (Phi) is 6680. The molecule has 0 fully saturated rings. The Morgan fingerprint density at radius 1 is 0.800 bits per heavy atom. The molecule has 0 aromatic rings. The summed E-state index contributed by atoms with van der Waals surface area (Å²) in [5.41, 5.74) is 0. The van der Waals surface area contributed by atoms with Gasteiger partial charge in [-0.2, -0.15) is 0 Å². The summed E-state index contributed by atoms with van der Waals surface area (Å²) in [5.74, 6) is 0. The van der Waals surface area contributed by atoms with E-state index < -0.39 is 19.7 Å². The van der Waals surface area contributed by atoms with Crippen LogP contribution in [0.5, 0.6) is 0 Å². The van der Waals surface area contributed by atoms with E-state index in [1.807, 2.05) is 0 Å². The zero-order valence-corrected chi connectivity index (χ0v) is 6.33. The second-order valence-corrected chi connectivity index (χ2v) is 0.441. The normalized spacial score (nSPS) is 1.40. The molecule has 0 aromatic heterocycles. The molecule has 0 aliphatic rings. The molecule has 0 amide bonds. The molecule has 0 saturated carbocycles. The molecule has 3 nitrogen and oxygen atoms in total. The molecule has 0 aliphatic heterocycles. The molecule has 0 atom stereocenters. The molecule has 1 N–H and O–H groups in total. The van der Waals surface area contributed by atoms with Gasteiger partial charge in [0.15, 0.2) is 0 Å². The summed E-state index contributed by atoms with van der Waals surface area (Å²) in [7, 11) is 0. The van der Waals surface area contributed by atoms with Crippen molar-refractivity contribution in [2.24, 2.45) is 0 Å². The van der Waals surface area contributed by atoms with E-state index in [0.29, 0.717) is 0 Å². The van der Waals surface area contributed by atoms with Crippen LogP contribution in [0.4, 0.5) is 28.0 Å². The van der Waals surface area contributed by atoms with Gasteiger partial charge in [0.2, 0.25) is 0 Å². The minimum absolute atomic E-state index is 0. The first-order chi connectivity index (χ1) is 2.41. The van der Waals surface area contributed by atoms with E-state index in [0.717, 1.165) is 0 Å². The minimum atomic E-state index is -2.15. The molecule has 10 heteroatoms. The van der Waals surface area contributed by atoms with Crippen LogP contribution in [0.25, 0.3) is 0 Å². The summed E-state index contributed by atoms with van der Waals surface area (Å²) in [6, 6.07) is 0. The van der Waals surface area contributed by atoms with Gasteiger partial charge in [-0.1, -0.05) is 4.53 Å². The van der Waals surface area contributed by atoms with Crippen molar-refractivity contribution in [2.45, 2.75) is 0 Å². The molecule has 71 valence electrons. The van der Waals surface area contributed by atoms with Gasteiger partial charge in [-0.15, -0.1) is 0 Å². The third-order valence-corrected chi connectivity index (χ3v) is 0. The molecule has 0 bridgehead atoms. The van der Waals surface area contributed by atoms with Crippen molar-refractivity contribution in [3.05, 3.63) is 0 Å². The number of halogens is 6. The predicted molar refractivity (Wildman–Crippen MR) is 17.2 cm³/mol. The van der Waals surface area contributed by atoms with Crippen molar-refractivity contribution < 1.29 is 59.6 Å². The van der Waals surface area contributed by atoms with Gasteiger partial charge in [-0.25, -0.2) is 5.31 Å². The fourth-order valence-corrected chi connectivity index (χ4v) is 0. The molecular weight excluding hydrogens is 255 g/mol. The van der Waals surface area contributed by atoms with Crippen LogP contribution in [-0.4, -0.2) is 5.31 Å². The molecule has 0 rings (SSSR count). The van der Waals surface area contributed by atoms with E-state index in [1.54, 1.807) is 0 Å². The van der Waals surface area contributed by atoms with E-state index in [-0.39, 0.29) is 23.5 Å². The summed E-state index contributed by atoms with van der Waals surface area (Å²) in [4.78, 5) is 0. The first kappa shape index (κ1) is 93.9. The summed E-state index contributed by atoms with van der Waals surface area (Å²) < 4.78 is 25.5. The van der Waals surface area contributed by atoms with Gasteiger partial charge < -0.3 is 0 Å². The Bertz CT molecular complexity index is 34.0. The van der Waals surface area contributed by atoms with Crippen LogP contribution in [0, 0.1) is 0 Å². The molecule has 0 saturated heterocycles. The van der Waals surface area contributed by atoms with Gasteiger partial charge in [0.25, 0.3) is 0 Å². The van der Waals surface area contributed by atoms with Gasteiger partial charge in [0.1, 0.15) is 0 Å². The van der Waals surface area contributed by atoms with Gasteiger partial charge in [0, 0.05) is 0 Å². The second-order valence-electron chi connectivity index (χ2n) is 0.0745. The average Bonchev–Trinajstić information content (AvgIpc) is 1.46. The van der Waals surface area contributed by atoms with Gasteiger partial charge in [-0.05, 0) is 0 Å². The SMILES string of the molecule is F.F.F.F.F.OF.[O]=[Nb]=[O]. The summed E-state index contributed by atoms with van der Waals surface area (Å²) in [6.45, 7) is 0. The fourth-order valence-electron chi connectivity index (χ4n) is 0. The topological polar surface area (TPSA) is 54.4 Å². The number of hydrogen-bond donors (Lipinski definition) is 1. The van der Waals surface area contributed by atoms with Crippen molar-refractivity contribution in [3.63, 3.8) is 0 Å². The third kappa shape index (κ3) is 26000. The van der Waals surface area contributed by atoms with Crippen LogP contribution in [0.3, 0.4) is 0 Å². The van der Waals surface area contributed by atoms with Crippen LogP contribution in [-0.2, 0) is 26.2 Å². The Hall–Kier alpha value is -0.120. The van der Waals surface area contributed by atoms with Crippen LogP contribution in [0.2, 0.25) is 0 Å². The van der Waals surface area contributed by atoms with Gasteiger partial charge in [-0.3, -0.25) is 23.5 Å². The molecule has 0 heterocycles. The standard InChI is InChI=1S/FHO.5FH.Nb.2O/c1-2;;;;;;;;/h2H;5*1H;;;. The Labute approximate surface area is 60.3 Å². The van der Waals surface area contributed by atoms with Crippen LogP contribution in [0.1, 0.15) is 0 Å². The Morgan fingerprint density at radius 3 is 0.800 bits per heavy atom. The van der Waals surface area contributed by atoms with Crippen LogP contribution in [0.15, 0.2) is 0 Å². The second kappa shape index (κ2) is 712. The predicted octanol–water partition coefficient (Wildman–Crippen LogP) is 0.386. The fraction of sp³-hybridized carbons (Fsp3) is 0. The van der Waals surface area contributed by atoms with Crippen molar-refractivity contribution in [2.75, 3.05) is 0 Å². The Morgan fingerprint density at radius 2 is 0.800 bits per heavy atom. The zero-order valence-electron chi connectivity index (χ0n) is 4.13. The molecule has 0 radical (unpaired) electrons. The molecule has 0 unspecified atom stereocenters. The average molecular weight is 261 g/mol. The van der Waals surface area contributed by atoms with Crippen LogP contribution >= 0.6 is 0 Å². The van der Waals surface area contributed by atoms with Gasteiger partial charge >= 0.3 is 26.2 Å². The van der Waals surface area contributed by atoms with Crippen molar-refractivity contribution in [1.29, 1.82) is 0 Å². The molecule has 0 spiro atoms. The maximum atomic E-state index is 8.52. The Balaban J connectivity index is -0.00000000246. The van der Waals surface area contributed by atoms with E-state index in [2.05, 4.69) is 0 Å². The maximum absolute atomic E-state index is 8.52. The number of hydrogen-bond acceptors (Lipinski definition) is 3. The van der Waals surface area contributed by atoms with Gasteiger partial charge in [0.05, 0.1) is 0 Å². The van der Waals surface area contributed by atoms with E-state index in [9.17, 15) is 0 Å². The van der Waals surface area contributed by atoms with Crippen LogP contribution < -0.4 is 0 Å². The van der Waals surface area contributed by atoms with E-state index in [1.165, 1.54) is 0 Å². The molecule has 0 aliphatic carbocycles. The van der Waals surface area contributed by atoms with Crippen molar-refractivity contribution >= 4 is 0 Å². The van der Waals surface area contributed by atoms with E-state index in [4.69, 9.17) is 16.3 Å². The molecule has 10 heavy (non-hydrogen) atoms. The molecular formula is H6F6NbO3. The monoisotopic (exact) mass is 261 g/mol. The molecule has 0 aromatic carbocycles. The van der Waals surface area contributed by atoms with Crippen molar-refractivity contribution in [3.8, 4) is 0 Å². The first-order valence-corrected chi connectivity index (χ1v) is 2.33. The third-order valence-electron chi connectivity index (χ3n) is 0. The summed E-state index contributed by atoms with van der Waals surface area (Å²) in [5, 5.41) is 5.50. The quantitative estimate of drug-likeness (QED) is 0.506. The summed E-state index contributed by atoms with van der Waals surface area (Å²) >= 11 is -2.15. The summed E-state index contributed by atoms with van der Waals surface area (Å²) in [6.07, 6.45) is 0. The first-order valence-electron chi connectivity index (χ1n) is 0.534. The van der Waals surface area contributed by atoms with Crippen molar-refractivity contribution in [1.82, 2.24) is 0 Å².